The van der Waals surface area contributed by atoms with Crippen LogP contribution in [-0.2, 0) is 17.8 Å². The minimum Gasteiger partial charge on any atom is -0.496 e. The summed E-state index contributed by atoms with van der Waals surface area (Å²) in [5.74, 6) is 2.20. The normalized spacial score (nSPS) is 15.0. The number of methoxy groups -OCH3 is 1. The molecule has 1 heterocycles. The summed E-state index contributed by atoms with van der Waals surface area (Å²) >= 11 is 0. The molecule has 0 aromatic heterocycles. The summed E-state index contributed by atoms with van der Waals surface area (Å²) in [6, 6.07) is 18.5. The van der Waals surface area contributed by atoms with Crippen LogP contribution in [0.4, 0.5) is 0 Å². The smallest absolute Gasteiger partial charge is 0.241 e. The molecule has 1 amide bonds. The Labute approximate surface area is 179 Å². The number of carbonyl (C=O) groups excluding carboxylic acids is 1. The molecule has 1 fully saturated rings. The molecule has 0 bridgehead atoms. The number of aliphatic imine (C=N–C) groups is 1. The Morgan fingerprint density at radius 3 is 2.47 bits per heavy atom. The fourth-order valence-electron chi connectivity index (χ4n) is 3.85. The zero-order valence-electron chi connectivity index (χ0n) is 17.9. The van der Waals surface area contributed by atoms with E-state index >= 15 is 0 Å². The molecule has 160 valence electrons. The maximum atomic E-state index is 12.6. The van der Waals surface area contributed by atoms with Crippen molar-refractivity contribution in [2.24, 2.45) is 10.9 Å². The lowest BCUT2D eigenvalue weighted by Gasteiger charge is -2.32. The Kier molecular flexibility index (Phi) is 8.12. The summed E-state index contributed by atoms with van der Waals surface area (Å²) in [5, 5.41) is 6.37. The number of para-hydroxylation sites is 1. The summed E-state index contributed by atoms with van der Waals surface area (Å²) in [4.78, 5) is 18.8. The van der Waals surface area contributed by atoms with E-state index < -0.39 is 0 Å². The number of ether oxygens (including phenoxy) is 1. The van der Waals surface area contributed by atoms with E-state index in [1.54, 1.807) is 14.2 Å². The molecule has 0 spiro atoms. The van der Waals surface area contributed by atoms with Gasteiger partial charge in [0.25, 0.3) is 0 Å². The van der Waals surface area contributed by atoms with Crippen molar-refractivity contribution < 1.29 is 9.53 Å². The van der Waals surface area contributed by atoms with Crippen molar-refractivity contribution in [1.82, 2.24) is 15.5 Å². The van der Waals surface area contributed by atoms with Gasteiger partial charge in [-0.05, 0) is 36.8 Å². The average molecular weight is 409 g/mol. The van der Waals surface area contributed by atoms with Crippen molar-refractivity contribution in [3.63, 3.8) is 0 Å². The zero-order valence-corrected chi connectivity index (χ0v) is 17.9. The molecule has 2 aromatic rings. The lowest BCUT2D eigenvalue weighted by atomic mass is 9.90. The molecule has 1 aliphatic heterocycles. The number of nitrogens with zero attached hydrogens (tertiary/aromatic N) is 2. The van der Waals surface area contributed by atoms with Crippen LogP contribution in [0.3, 0.4) is 0 Å². The Balaban J connectivity index is 1.40. The number of hydrogen-bond donors (Lipinski definition) is 2. The number of piperidine rings is 1. The maximum Gasteiger partial charge on any atom is 0.241 e. The molecular weight excluding hydrogens is 376 g/mol. The summed E-state index contributed by atoms with van der Waals surface area (Å²) in [5.41, 5.74) is 2.42. The molecule has 2 N–H and O–H groups in total. The van der Waals surface area contributed by atoms with Gasteiger partial charge in [-0.25, -0.2) is 0 Å². The molecule has 0 unspecified atom stereocenters. The van der Waals surface area contributed by atoms with Crippen LogP contribution in [0, 0.1) is 5.92 Å². The van der Waals surface area contributed by atoms with Gasteiger partial charge in [-0.1, -0.05) is 48.5 Å². The van der Waals surface area contributed by atoms with Gasteiger partial charge in [0.1, 0.15) is 5.75 Å². The SMILES string of the molecule is CN=C(NCC(=O)N1CCC(Cc2ccccc2)CC1)NCc1ccccc1OC. The van der Waals surface area contributed by atoms with Crippen LogP contribution >= 0.6 is 0 Å². The van der Waals surface area contributed by atoms with Crippen molar-refractivity contribution in [2.45, 2.75) is 25.8 Å². The van der Waals surface area contributed by atoms with Crippen LogP contribution < -0.4 is 15.4 Å². The van der Waals surface area contributed by atoms with Crippen molar-refractivity contribution in [3.05, 3.63) is 65.7 Å². The highest BCUT2D eigenvalue weighted by Gasteiger charge is 2.22. The molecule has 0 radical (unpaired) electrons. The lowest BCUT2D eigenvalue weighted by molar-refractivity contribution is -0.131. The summed E-state index contributed by atoms with van der Waals surface area (Å²) in [6.07, 6.45) is 3.21. The summed E-state index contributed by atoms with van der Waals surface area (Å²) in [6.45, 7) is 2.47. The molecule has 1 aliphatic rings. The number of benzene rings is 2. The van der Waals surface area contributed by atoms with Gasteiger partial charge in [-0.2, -0.15) is 0 Å². The third-order valence-corrected chi connectivity index (χ3v) is 5.60. The first-order valence-electron chi connectivity index (χ1n) is 10.6. The third kappa shape index (κ3) is 6.24. The zero-order chi connectivity index (χ0) is 21.2. The Morgan fingerprint density at radius 2 is 1.77 bits per heavy atom. The van der Waals surface area contributed by atoms with Crippen LogP contribution in [0.2, 0.25) is 0 Å². The second kappa shape index (κ2) is 11.2. The number of nitrogens with one attached hydrogen (secondary N) is 2. The van der Waals surface area contributed by atoms with Crippen LogP contribution in [0.5, 0.6) is 5.75 Å². The second-order valence-corrected chi connectivity index (χ2v) is 7.61. The van der Waals surface area contributed by atoms with E-state index in [9.17, 15) is 4.79 Å². The van der Waals surface area contributed by atoms with Crippen molar-refractivity contribution in [2.75, 3.05) is 33.8 Å². The molecule has 0 atom stereocenters. The van der Waals surface area contributed by atoms with Crippen LogP contribution in [0.25, 0.3) is 0 Å². The Bertz CT molecular complexity index is 830. The van der Waals surface area contributed by atoms with E-state index in [-0.39, 0.29) is 12.5 Å². The van der Waals surface area contributed by atoms with E-state index in [0.717, 1.165) is 43.7 Å². The Hall–Kier alpha value is -3.02. The lowest BCUT2D eigenvalue weighted by Crippen LogP contribution is -2.46. The predicted octanol–water partition coefficient (Wildman–Crippen LogP) is 2.84. The van der Waals surface area contributed by atoms with Crippen molar-refractivity contribution >= 4 is 11.9 Å². The predicted molar refractivity (Wildman–Crippen MR) is 121 cm³/mol. The van der Waals surface area contributed by atoms with Crippen LogP contribution in [0.15, 0.2) is 59.6 Å². The van der Waals surface area contributed by atoms with Crippen LogP contribution in [-0.4, -0.2) is 50.6 Å². The molecule has 2 aromatic carbocycles. The van der Waals surface area contributed by atoms with E-state index in [2.05, 4.69) is 46.0 Å². The molecule has 6 heteroatoms. The number of likely N-dealkylation sites (tertiary alicyclic amines) is 1. The van der Waals surface area contributed by atoms with Gasteiger partial charge in [0.15, 0.2) is 5.96 Å². The highest BCUT2D eigenvalue weighted by Crippen LogP contribution is 2.21. The van der Waals surface area contributed by atoms with Gasteiger partial charge in [0.05, 0.1) is 13.7 Å². The molecule has 1 saturated heterocycles. The first-order chi connectivity index (χ1) is 14.7. The van der Waals surface area contributed by atoms with E-state index in [4.69, 9.17) is 4.74 Å². The molecule has 3 rings (SSSR count). The Morgan fingerprint density at radius 1 is 1.07 bits per heavy atom. The number of guanidine groups is 1. The topological polar surface area (TPSA) is 66.0 Å². The van der Waals surface area contributed by atoms with E-state index in [1.807, 2.05) is 29.2 Å². The number of amides is 1. The minimum atomic E-state index is 0.119. The largest absolute Gasteiger partial charge is 0.496 e. The van der Waals surface area contributed by atoms with E-state index in [0.29, 0.717) is 18.4 Å². The molecular formula is C24H32N4O2. The van der Waals surface area contributed by atoms with Crippen molar-refractivity contribution in [1.29, 1.82) is 0 Å². The maximum absolute atomic E-state index is 12.6. The molecule has 6 nitrogen and oxygen atoms in total. The fraction of sp³-hybridized carbons (Fsp3) is 0.417. The second-order valence-electron chi connectivity index (χ2n) is 7.61. The quantitative estimate of drug-likeness (QED) is 0.546. The first-order valence-corrected chi connectivity index (χ1v) is 10.6. The number of rotatable bonds is 7. The minimum absolute atomic E-state index is 0.119. The monoisotopic (exact) mass is 408 g/mol. The summed E-state index contributed by atoms with van der Waals surface area (Å²) < 4.78 is 5.37. The van der Waals surface area contributed by atoms with Gasteiger partial charge in [-0.3, -0.25) is 9.79 Å². The third-order valence-electron chi connectivity index (χ3n) is 5.60. The van der Waals surface area contributed by atoms with Crippen LogP contribution in [0.1, 0.15) is 24.0 Å². The number of carbonyl (C=O) groups is 1. The molecule has 0 aliphatic carbocycles. The summed E-state index contributed by atoms with van der Waals surface area (Å²) in [7, 11) is 3.37. The molecule has 0 saturated carbocycles. The average Bonchev–Trinajstić information content (AvgIpc) is 2.80. The fourth-order valence-corrected chi connectivity index (χ4v) is 3.85. The van der Waals surface area contributed by atoms with Crippen molar-refractivity contribution in [3.8, 4) is 5.75 Å². The standard InChI is InChI=1S/C24H32N4O2/c1-25-24(26-17-21-10-6-7-11-22(21)30-2)27-18-23(29)28-14-12-20(13-15-28)16-19-8-4-3-5-9-19/h3-11,20H,12-18H2,1-2H3,(H2,25,26,27). The first kappa shape index (κ1) is 21.7. The highest BCUT2D eigenvalue weighted by atomic mass is 16.5. The van der Waals surface area contributed by atoms with Gasteiger partial charge in [0.2, 0.25) is 5.91 Å². The van der Waals surface area contributed by atoms with E-state index in [1.165, 1.54) is 5.56 Å². The van der Waals surface area contributed by atoms with Gasteiger partial charge >= 0.3 is 0 Å². The number of hydrogen-bond acceptors (Lipinski definition) is 3. The van der Waals surface area contributed by atoms with Gasteiger partial charge in [0, 0.05) is 32.2 Å². The molecule has 30 heavy (non-hydrogen) atoms. The van der Waals surface area contributed by atoms with Gasteiger partial charge < -0.3 is 20.3 Å². The van der Waals surface area contributed by atoms with Gasteiger partial charge in [-0.15, -0.1) is 0 Å². The highest BCUT2D eigenvalue weighted by molar-refractivity contribution is 5.86.